The molecule has 0 bridgehead atoms. The van der Waals surface area contributed by atoms with Gasteiger partial charge in [0.2, 0.25) is 0 Å². The average molecular weight is 250 g/mol. The number of aliphatic hydroxyl groups is 1. The van der Waals surface area contributed by atoms with E-state index in [4.69, 9.17) is 0 Å². The van der Waals surface area contributed by atoms with Gasteiger partial charge in [-0.05, 0) is 39.0 Å². The molecule has 0 amide bonds. The van der Waals surface area contributed by atoms with Crippen LogP contribution in [-0.4, -0.2) is 21.1 Å². The van der Waals surface area contributed by atoms with Crippen LogP contribution in [0.15, 0.2) is 6.20 Å². The molecule has 2 atom stereocenters. The Bertz CT molecular complexity index is 474. The number of nitro groups is 1. The predicted molar refractivity (Wildman–Crippen MR) is 67.4 cm³/mol. The van der Waals surface area contributed by atoms with E-state index < -0.39 is 0 Å². The van der Waals surface area contributed by atoms with Crippen molar-refractivity contribution in [3.8, 4) is 0 Å². The predicted octanol–water partition coefficient (Wildman–Crippen LogP) is 2.31. The molecule has 1 aromatic rings. The van der Waals surface area contributed by atoms with Crippen LogP contribution in [0.1, 0.15) is 36.1 Å². The van der Waals surface area contributed by atoms with Gasteiger partial charge in [0, 0.05) is 17.3 Å². The Morgan fingerprint density at radius 2 is 2.22 bits per heavy atom. The zero-order valence-corrected chi connectivity index (χ0v) is 10.7. The molecule has 0 aliphatic heterocycles. The number of rotatable bonds is 3. The Kier molecular flexibility index (Phi) is 3.61. The molecule has 5 heteroatoms. The van der Waals surface area contributed by atoms with E-state index in [1.165, 1.54) is 0 Å². The molecule has 18 heavy (non-hydrogen) atoms. The normalized spacial score (nSPS) is 23.3. The van der Waals surface area contributed by atoms with Crippen LogP contribution in [0.3, 0.4) is 0 Å². The summed E-state index contributed by atoms with van der Waals surface area (Å²) in [6, 6.07) is 0. The van der Waals surface area contributed by atoms with Gasteiger partial charge in [-0.2, -0.15) is 0 Å². The lowest BCUT2D eigenvalue weighted by Gasteiger charge is -2.15. The standard InChI is InChI=1S/C13H18N2O3/c1-8-7-14-11(9(2)13(8)15(17)18)6-10-4-3-5-12(10)16/h7,10,12,16H,3-6H2,1-2H3. The van der Waals surface area contributed by atoms with Crippen LogP contribution in [0.4, 0.5) is 5.69 Å². The van der Waals surface area contributed by atoms with Gasteiger partial charge in [-0.25, -0.2) is 0 Å². The van der Waals surface area contributed by atoms with Gasteiger partial charge in [0.05, 0.1) is 16.7 Å². The fraction of sp³-hybridized carbons (Fsp3) is 0.615. The van der Waals surface area contributed by atoms with Crippen molar-refractivity contribution < 1.29 is 10.0 Å². The third-order valence-electron chi connectivity index (χ3n) is 3.83. The second-order valence-electron chi connectivity index (χ2n) is 5.08. The molecule has 1 saturated carbocycles. The molecular weight excluding hydrogens is 232 g/mol. The third kappa shape index (κ3) is 2.36. The summed E-state index contributed by atoms with van der Waals surface area (Å²) < 4.78 is 0. The van der Waals surface area contributed by atoms with E-state index in [0.717, 1.165) is 25.0 Å². The SMILES string of the molecule is Cc1cnc(CC2CCCC2O)c(C)c1[N+](=O)[O-]. The van der Waals surface area contributed by atoms with Crippen LogP contribution in [0.2, 0.25) is 0 Å². The first kappa shape index (κ1) is 13.0. The molecule has 0 spiro atoms. The van der Waals surface area contributed by atoms with Gasteiger partial charge < -0.3 is 5.11 Å². The number of nitrogens with zero attached hydrogens (tertiary/aromatic N) is 2. The van der Waals surface area contributed by atoms with E-state index in [9.17, 15) is 15.2 Å². The minimum absolute atomic E-state index is 0.160. The smallest absolute Gasteiger partial charge is 0.278 e. The van der Waals surface area contributed by atoms with Crippen LogP contribution in [-0.2, 0) is 6.42 Å². The number of aromatic nitrogens is 1. The summed E-state index contributed by atoms with van der Waals surface area (Å²) >= 11 is 0. The molecule has 2 rings (SSSR count). The highest BCUT2D eigenvalue weighted by Crippen LogP contribution is 2.31. The van der Waals surface area contributed by atoms with E-state index in [2.05, 4.69) is 4.98 Å². The number of hydrogen-bond acceptors (Lipinski definition) is 4. The Balaban J connectivity index is 2.29. The molecular formula is C13H18N2O3. The minimum Gasteiger partial charge on any atom is -0.393 e. The Hall–Kier alpha value is -1.49. The first-order valence-electron chi connectivity index (χ1n) is 6.28. The second-order valence-corrected chi connectivity index (χ2v) is 5.08. The molecule has 2 unspecified atom stereocenters. The van der Waals surface area contributed by atoms with Crippen LogP contribution in [0.25, 0.3) is 0 Å². The van der Waals surface area contributed by atoms with Gasteiger partial charge in [0.15, 0.2) is 0 Å². The highest BCUT2D eigenvalue weighted by atomic mass is 16.6. The molecule has 0 saturated heterocycles. The minimum atomic E-state index is -0.346. The Morgan fingerprint density at radius 1 is 1.50 bits per heavy atom. The van der Waals surface area contributed by atoms with Crippen LogP contribution in [0, 0.1) is 29.9 Å². The Morgan fingerprint density at radius 3 is 2.78 bits per heavy atom. The topological polar surface area (TPSA) is 76.3 Å². The second kappa shape index (κ2) is 5.02. The van der Waals surface area contributed by atoms with Crippen molar-refractivity contribution in [2.24, 2.45) is 5.92 Å². The monoisotopic (exact) mass is 250 g/mol. The van der Waals surface area contributed by atoms with Gasteiger partial charge in [0.1, 0.15) is 0 Å². The summed E-state index contributed by atoms with van der Waals surface area (Å²) in [5.74, 6) is 0.193. The summed E-state index contributed by atoms with van der Waals surface area (Å²) in [6.45, 7) is 3.45. The van der Waals surface area contributed by atoms with E-state index in [1.54, 1.807) is 20.0 Å². The molecule has 1 aliphatic rings. The van der Waals surface area contributed by atoms with E-state index in [-0.39, 0.29) is 22.6 Å². The zero-order chi connectivity index (χ0) is 13.3. The van der Waals surface area contributed by atoms with Gasteiger partial charge in [0.25, 0.3) is 5.69 Å². The molecule has 0 aromatic carbocycles. The van der Waals surface area contributed by atoms with Crippen molar-refractivity contribution in [1.82, 2.24) is 4.98 Å². The van der Waals surface area contributed by atoms with Crippen molar-refractivity contribution >= 4 is 5.69 Å². The fourth-order valence-electron chi connectivity index (χ4n) is 2.76. The molecule has 1 fully saturated rings. The molecule has 1 aromatic heterocycles. The maximum Gasteiger partial charge on any atom is 0.278 e. The van der Waals surface area contributed by atoms with Crippen molar-refractivity contribution in [1.29, 1.82) is 0 Å². The first-order valence-corrected chi connectivity index (χ1v) is 6.28. The molecule has 1 N–H and O–H groups in total. The lowest BCUT2D eigenvalue weighted by atomic mass is 9.96. The third-order valence-corrected chi connectivity index (χ3v) is 3.83. The molecule has 98 valence electrons. The number of pyridine rings is 1. The van der Waals surface area contributed by atoms with Gasteiger partial charge >= 0.3 is 0 Å². The van der Waals surface area contributed by atoms with Crippen molar-refractivity contribution in [2.75, 3.05) is 0 Å². The van der Waals surface area contributed by atoms with E-state index in [0.29, 0.717) is 17.5 Å². The highest BCUT2D eigenvalue weighted by Gasteiger charge is 2.28. The van der Waals surface area contributed by atoms with E-state index in [1.807, 2.05) is 0 Å². The maximum atomic E-state index is 11.0. The molecule has 0 radical (unpaired) electrons. The summed E-state index contributed by atoms with van der Waals surface area (Å²) in [5.41, 5.74) is 2.14. The molecule has 1 aliphatic carbocycles. The van der Waals surface area contributed by atoms with E-state index >= 15 is 0 Å². The van der Waals surface area contributed by atoms with Crippen LogP contribution < -0.4 is 0 Å². The van der Waals surface area contributed by atoms with Crippen molar-refractivity contribution in [2.45, 2.75) is 45.6 Å². The van der Waals surface area contributed by atoms with Crippen LogP contribution in [0.5, 0.6) is 0 Å². The summed E-state index contributed by atoms with van der Waals surface area (Å²) in [4.78, 5) is 15.0. The first-order chi connectivity index (χ1) is 8.50. The van der Waals surface area contributed by atoms with Gasteiger partial charge in [-0.1, -0.05) is 6.42 Å². The Labute approximate surface area is 106 Å². The summed E-state index contributed by atoms with van der Waals surface area (Å²) in [7, 11) is 0. The average Bonchev–Trinajstić information content (AvgIpc) is 2.68. The van der Waals surface area contributed by atoms with Crippen LogP contribution >= 0.6 is 0 Å². The van der Waals surface area contributed by atoms with Crippen molar-refractivity contribution in [3.05, 3.63) is 33.1 Å². The number of hydrogen-bond donors (Lipinski definition) is 1. The fourth-order valence-corrected chi connectivity index (χ4v) is 2.76. The summed E-state index contributed by atoms with van der Waals surface area (Å²) in [5, 5.41) is 20.8. The molecule has 1 heterocycles. The summed E-state index contributed by atoms with van der Waals surface area (Å²) in [6.07, 6.45) is 4.74. The van der Waals surface area contributed by atoms with Gasteiger partial charge in [-0.15, -0.1) is 0 Å². The quantitative estimate of drug-likeness (QED) is 0.659. The van der Waals surface area contributed by atoms with Gasteiger partial charge in [-0.3, -0.25) is 15.1 Å². The number of aliphatic hydroxyl groups excluding tert-OH is 1. The largest absolute Gasteiger partial charge is 0.393 e. The lowest BCUT2D eigenvalue weighted by Crippen LogP contribution is -2.17. The van der Waals surface area contributed by atoms with Crippen molar-refractivity contribution in [3.63, 3.8) is 0 Å². The zero-order valence-electron chi connectivity index (χ0n) is 10.7. The number of aryl methyl sites for hydroxylation is 1. The highest BCUT2D eigenvalue weighted by molar-refractivity contribution is 5.47. The lowest BCUT2D eigenvalue weighted by molar-refractivity contribution is -0.386. The molecule has 5 nitrogen and oxygen atoms in total. The maximum absolute atomic E-state index is 11.0.